The maximum atomic E-state index is 5.32. The molecule has 78 valence electrons. The fraction of sp³-hybridized carbons (Fsp3) is 0.727. The molecule has 1 aliphatic rings. The minimum absolute atomic E-state index is 0.961. The van der Waals surface area contributed by atoms with Crippen molar-refractivity contribution in [2.24, 2.45) is 0 Å². The molecular formula is C11H18N2O. The number of aryl methyl sites for hydroxylation is 1. The largest absolute Gasteiger partial charge is 0.361 e. The molecule has 0 amide bonds. The monoisotopic (exact) mass is 194 g/mol. The van der Waals surface area contributed by atoms with E-state index >= 15 is 0 Å². The highest BCUT2D eigenvalue weighted by atomic mass is 16.5. The van der Waals surface area contributed by atoms with Gasteiger partial charge in [-0.3, -0.25) is 4.90 Å². The number of nitrogens with zero attached hydrogens (tertiary/aromatic N) is 2. The van der Waals surface area contributed by atoms with E-state index in [0.717, 1.165) is 31.7 Å². The molecule has 14 heavy (non-hydrogen) atoms. The molecule has 0 aliphatic carbocycles. The van der Waals surface area contributed by atoms with Crippen LogP contribution >= 0.6 is 0 Å². The lowest BCUT2D eigenvalue weighted by Gasteiger charge is -2.25. The van der Waals surface area contributed by atoms with Gasteiger partial charge in [-0.2, -0.15) is 0 Å². The smallest absolute Gasteiger partial charge is 0.141 e. The van der Waals surface area contributed by atoms with E-state index in [-0.39, 0.29) is 0 Å². The van der Waals surface area contributed by atoms with E-state index in [9.17, 15) is 0 Å². The molecule has 0 atom stereocenters. The number of hydrogen-bond donors (Lipinski definition) is 0. The Morgan fingerprint density at radius 3 is 3.00 bits per heavy atom. The first kappa shape index (κ1) is 9.71. The first-order chi connectivity index (χ1) is 6.85. The van der Waals surface area contributed by atoms with Crippen molar-refractivity contribution in [3.05, 3.63) is 17.0 Å². The third kappa shape index (κ3) is 1.69. The third-order valence-corrected chi connectivity index (χ3v) is 2.86. The Kier molecular flexibility index (Phi) is 2.87. The highest BCUT2D eigenvalue weighted by molar-refractivity contribution is 5.25. The highest BCUT2D eigenvalue weighted by Gasteiger charge is 2.22. The average molecular weight is 194 g/mol. The summed E-state index contributed by atoms with van der Waals surface area (Å²) in [5.74, 6) is 1.08. The van der Waals surface area contributed by atoms with Gasteiger partial charge in [-0.25, -0.2) is 0 Å². The van der Waals surface area contributed by atoms with Crippen LogP contribution in [0.4, 0.5) is 0 Å². The number of rotatable bonds is 3. The van der Waals surface area contributed by atoms with Crippen LogP contribution in [0.3, 0.4) is 0 Å². The molecule has 1 aromatic heterocycles. The maximum absolute atomic E-state index is 5.32. The van der Waals surface area contributed by atoms with Crippen LogP contribution in [0.15, 0.2) is 4.52 Å². The van der Waals surface area contributed by atoms with E-state index in [4.69, 9.17) is 4.52 Å². The Labute approximate surface area is 85.1 Å². The highest BCUT2D eigenvalue weighted by Crippen LogP contribution is 2.22. The van der Waals surface area contributed by atoms with Crippen molar-refractivity contribution in [2.45, 2.75) is 39.7 Å². The summed E-state index contributed by atoms with van der Waals surface area (Å²) in [5, 5.41) is 4.12. The molecule has 0 fully saturated rings. The molecule has 0 unspecified atom stereocenters. The van der Waals surface area contributed by atoms with Gasteiger partial charge in [0.15, 0.2) is 0 Å². The molecule has 0 aromatic carbocycles. The van der Waals surface area contributed by atoms with Gasteiger partial charge in [-0.15, -0.1) is 0 Å². The lowest BCUT2D eigenvalue weighted by Crippen LogP contribution is -2.31. The molecule has 0 bridgehead atoms. The lowest BCUT2D eigenvalue weighted by atomic mass is 10.0. The molecule has 1 aromatic rings. The van der Waals surface area contributed by atoms with Crippen molar-refractivity contribution in [1.82, 2.24) is 10.1 Å². The van der Waals surface area contributed by atoms with Gasteiger partial charge in [-0.1, -0.05) is 19.0 Å². The molecule has 0 saturated carbocycles. The summed E-state index contributed by atoms with van der Waals surface area (Å²) in [5.41, 5.74) is 2.54. The maximum Gasteiger partial charge on any atom is 0.141 e. The zero-order chi connectivity index (χ0) is 9.97. The summed E-state index contributed by atoms with van der Waals surface area (Å²) in [7, 11) is 0. The predicted molar refractivity (Wildman–Crippen MR) is 55.2 cm³/mol. The molecule has 0 spiro atoms. The van der Waals surface area contributed by atoms with Gasteiger partial charge in [0.1, 0.15) is 5.76 Å². The Morgan fingerprint density at radius 1 is 1.43 bits per heavy atom. The van der Waals surface area contributed by atoms with E-state index in [1.165, 1.54) is 24.2 Å². The normalized spacial score (nSPS) is 17.0. The van der Waals surface area contributed by atoms with Crippen molar-refractivity contribution in [3.8, 4) is 0 Å². The fourth-order valence-electron chi connectivity index (χ4n) is 2.11. The molecule has 2 heterocycles. The van der Waals surface area contributed by atoms with Crippen LogP contribution in [0, 0.1) is 0 Å². The van der Waals surface area contributed by atoms with Crippen molar-refractivity contribution in [1.29, 1.82) is 0 Å². The summed E-state index contributed by atoms with van der Waals surface area (Å²) in [6, 6.07) is 0. The van der Waals surface area contributed by atoms with Gasteiger partial charge >= 0.3 is 0 Å². The van der Waals surface area contributed by atoms with Gasteiger partial charge < -0.3 is 4.52 Å². The van der Waals surface area contributed by atoms with Gasteiger partial charge in [-0.05, 0) is 13.0 Å². The number of fused-ring (bicyclic) bond motifs is 1. The van der Waals surface area contributed by atoms with Gasteiger partial charge in [0.2, 0.25) is 0 Å². The van der Waals surface area contributed by atoms with E-state index in [0.29, 0.717) is 0 Å². The quantitative estimate of drug-likeness (QED) is 0.737. The Bertz CT molecular complexity index is 293. The van der Waals surface area contributed by atoms with Gasteiger partial charge in [0.05, 0.1) is 5.69 Å². The second-order valence-electron chi connectivity index (χ2n) is 3.91. The minimum atomic E-state index is 0.961. The third-order valence-electron chi connectivity index (χ3n) is 2.86. The topological polar surface area (TPSA) is 29.3 Å². The Balaban J connectivity index is 2.14. The Morgan fingerprint density at radius 2 is 2.29 bits per heavy atom. The minimum Gasteiger partial charge on any atom is -0.361 e. The molecule has 0 N–H and O–H groups in total. The van der Waals surface area contributed by atoms with Gasteiger partial charge in [0, 0.05) is 31.5 Å². The van der Waals surface area contributed by atoms with Crippen molar-refractivity contribution < 1.29 is 4.52 Å². The van der Waals surface area contributed by atoms with Crippen molar-refractivity contribution in [2.75, 3.05) is 13.1 Å². The van der Waals surface area contributed by atoms with Crippen LogP contribution in [0.2, 0.25) is 0 Å². The van der Waals surface area contributed by atoms with Gasteiger partial charge in [0.25, 0.3) is 0 Å². The molecule has 0 saturated heterocycles. The van der Waals surface area contributed by atoms with Crippen LogP contribution in [-0.4, -0.2) is 23.1 Å². The SMILES string of the molecule is CCCN1CCc2noc(CC)c2C1. The van der Waals surface area contributed by atoms with E-state index in [1.807, 2.05) is 0 Å². The summed E-state index contributed by atoms with van der Waals surface area (Å²) in [4.78, 5) is 2.48. The van der Waals surface area contributed by atoms with Crippen LogP contribution in [0.1, 0.15) is 37.3 Å². The number of aromatic nitrogens is 1. The van der Waals surface area contributed by atoms with Crippen molar-refractivity contribution >= 4 is 0 Å². The molecule has 2 rings (SSSR count). The van der Waals surface area contributed by atoms with Crippen LogP contribution in [-0.2, 0) is 19.4 Å². The second-order valence-corrected chi connectivity index (χ2v) is 3.91. The summed E-state index contributed by atoms with van der Waals surface area (Å²) >= 11 is 0. The van der Waals surface area contributed by atoms with E-state index < -0.39 is 0 Å². The Hall–Kier alpha value is -0.830. The summed E-state index contributed by atoms with van der Waals surface area (Å²) < 4.78 is 5.32. The molecule has 0 radical (unpaired) electrons. The van der Waals surface area contributed by atoms with E-state index in [1.54, 1.807) is 0 Å². The second kappa shape index (κ2) is 4.13. The number of hydrogen-bond acceptors (Lipinski definition) is 3. The summed E-state index contributed by atoms with van der Waals surface area (Å²) in [6.45, 7) is 7.71. The standard InChI is InChI=1S/C11H18N2O/c1-3-6-13-7-5-10-9(8-13)11(4-2)14-12-10/h3-8H2,1-2H3. The molecular weight excluding hydrogens is 176 g/mol. The molecule has 3 heteroatoms. The van der Waals surface area contributed by atoms with Crippen LogP contribution < -0.4 is 0 Å². The fourth-order valence-corrected chi connectivity index (χ4v) is 2.11. The first-order valence-corrected chi connectivity index (χ1v) is 5.53. The summed E-state index contributed by atoms with van der Waals surface area (Å²) in [6.07, 6.45) is 3.24. The first-order valence-electron chi connectivity index (χ1n) is 5.53. The predicted octanol–water partition coefficient (Wildman–Crippen LogP) is 2.01. The van der Waals surface area contributed by atoms with Crippen LogP contribution in [0.25, 0.3) is 0 Å². The lowest BCUT2D eigenvalue weighted by molar-refractivity contribution is 0.253. The molecule has 1 aliphatic heterocycles. The molecule has 3 nitrogen and oxygen atoms in total. The zero-order valence-electron chi connectivity index (χ0n) is 9.05. The van der Waals surface area contributed by atoms with Crippen LogP contribution in [0.5, 0.6) is 0 Å². The van der Waals surface area contributed by atoms with Crippen molar-refractivity contribution in [3.63, 3.8) is 0 Å². The van der Waals surface area contributed by atoms with E-state index in [2.05, 4.69) is 23.9 Å². The zero-order valence-corrected chi connectivity index (χ0v) is 9.05. The average Bonchev–Trinajstić information content (AvgIpc) is 2.60.